The predicted octanol–water partition coefficient (Wildman–Crippen LogP) is 3.06. The molecule has 2 rings (SSSR count). The summed E-state index contributed by atoms with van der Waals surface area (Å²) in [7, 11) is 2.17. The standard InChI is InChI=1S/C13H23NOS/c1-3-7-12(15)11-10-16-13(14(11)2)8-5-4-6-9-13/h11H,3-10H2,1-2H3/t11-/m0/s1. The van der Waals surface area contributed by atoms with Gasteiger partial charge in [0.05, 0.1) is 10.9 Å². The van der Waals surface area contributed by atoms with Crippen molar-refractivity contribution < 1.29 is 4.79 Å². The highest BCUT2D eigenvalue weighted by molar-refractivity contribution is 8.00. The van der Waals surface area contributed by atoms with E-state index in [1.807, 2.05) is 11.8 Å². The zero-order chi connectivity index (χ0) is 11.6. The molecule has 1 saturated heterocycles. The fourth-order valence-electron chi connectivity index (χ4n) is 3.05. The molecule has 0 bridgehead atoms. The lowest BCUT2D eigenvalue weighted by Crippen LogP contribution is -2.47. The molecule has 2 nitrogen and oxygen atoms in total. The fraction of sp³-hybridized carbons (Fsp3) is 0.923. The molecule has 2 aliphatic rings. The molecule has 0 amide bonds. The van der Waals surface area contributed by atoms with Crippen molar-refractivity contribution in [3.8, 4) is 0 Å². The maximum absolute atomic E-state index is 12.0. The zero-order valence-corrected chi connectivity index (χ0v) is 11.3. The quantitative estimate of drug-likeness (QED) is 0.757. The Hall–Kier alpha value is -0.0200. The van der Waals surface area contributed by atoms with Crippen molar-refractivity contribution in [2.45, 2.75) is 62.8 Å². The molecule has 0 N–H and O–H groups in total. The first-order valence-corrected chi connectivity index (χ1v) is 7.58. The van der Waals surface area contributed by atoms with Crippen LogP contribution in [0.2, 0.25) is 0 Å². The Morgan fingerprint density at radius 3 is 2.69 bits per heavy atom. The lowest BCUT2D eigenvalue weighted by molar-refractivity contribution is -0.123. The average molecular weight is 241 g/mol. The van der Waals surface area contributed by atoms with Gasteiger partial charge in [0, 0.05) is 12.2 Å². The van der Waals surface area contributed by atoms with Crippen LogP contribution in [0.15, 0.2) is 0 Å². The van der Waals surface area contributed by atoms with Gasteiger partial charge in [0.25, 0.3) is 0 Å². The van der Waals surface area contributed by atoms with Crippen molar-refractivity contribution in [2.75, 3.05) is 12.8 Å². The van der Waals surface area contributed by atoms with E-state index in [1.165, 1.54) is 32.1 Å². The molecule has 0 aromatic heterocycles. The van der Waals surface area contributed by atoms with Gasteiger partial charge >= 0.3 is 0 Å². The van der Waals surface area contributed by atoms with Crippen molar-refractivity contribution in [3.63, 3.8) is 0 Å². The molecule has 0 unspecified atom stereocenters. The third kappa shape index (κ3) is 2.17. The summed E-state index contributed by atoms with van der Waals surface area (Å²) in [5.74, 6) is 1.48. The summed E-state index contributed by atoms with van der Waals surface area (Å²) in [5, 5.41) is 0. The minimum Gasteiger partial charge on any atom is -0.298 e. The molecule has 0 radical (unpaired) electrons. The topological polar surface area (TPSA) is 20.3 Å². The number of hydrogen-bond donors (Lipinski definition) is 0. The van der Waals surface area contributed by atoms with Gasteiger partial charge in [-0.3, -0.25) is 9.69 Å². The number of Topliss-reactive ketones (excluding diaryl/α,β-unsaturated/α-hetero) is 1. The van der Waals surface area contributed by atoms with E-state index in [0.29, 0.717) is 10.7 Å². The minimum absolute atomic E-state index is 0.197. The van der Waals surface area contributed by atoms with Crippen LogP contribution in [-0.2, 0) is 4.79 Å². The Kier molecular flexibility index (Phi) is 3.96. The Morgan fingerprint density at radius 1 is 1.38 bits per heavy atom. The second kappa shape index (κ2) is 5.09. The highest BCUT2D eigenvalue weighted by Crippen LogP contribution is 2.48. The SMILES string of the molecule is CCCC(=O)[C@@H]1CSC2(CCCCC2)N1C. The predicted molar refractivity (Wildman–Crippen MR) is 69.7 cm³/mol. The van der Waals surface area contributed by atoms with E-state index < -0.39 is 0 Å². The second-order valence-corrected chi connectivity index (χ2v) is 6.54. The summed E-state index contributed by atoms with van der Waals surface area (Å²) in [5.41, 5.74) is 0. The maximum Gasteiger partial charge on any atom is 0.150 e. The lowest BCUT2D eigenvalue weighted by atomic mass is 9.92. The summed E-state index contributed by atoms with van der Waals surface area (Å²) < 4.78 is 0. The molecule has 16 heavy (non-hydrogen) atoms. The van der Waals surface area contributed by atoms with Crippen LogP contribution in [0.25, 0.3) is 0 Å². The fourth-order valence-corrected chi connectivity index (χ4v) is 4.84. The Bertz CT molecular complexity index is 261. The second-order valence-electron chi connectivity index (χ2n) is 5.16. The van der Waals surface area contributed by atoms with Crippen molar-refractivity contribution in [1.82, 2.24) is 4.90 Å². The van der Waals surface area contributed by atoms with E-state index >= 15 is 0 Å². The number of hydrogen-bond acceptors (Lipinski definition) is 3. The molecule has 92 valence electrons. The number of carbonyl (C=O) groups excluding carboxylic acids is 1. The van der Waals surface area contributed by atoms with Crippen LogP contribution in [0.5, 0.6) is 0 Å². The first kappa shape index (κ1) is 12.4. The van der Waals surface area contributed by atoms with Gasteiger partial charge < -0.3 is 0 Å². The van der Waals surface area contributed by atoms with Gasteiger partial charge in [-0.25, -0.2) is 0 Å². The maximum atomic E-state index is 12.0. The van der Waals surface area contributed by atoms with Gasteiger partial charge in [0.1, 0.15) is 0 Å². The van der Waals surface area contributed by atoms with Gasteiger partial charge in [-0.15, -0.1) is 11.8 Å². The molecule has 3 heteroatoms. The molecule has 1 aliphatic heterocycles. The summed E-state index contributed by atoms with van der Waals surface area (Å²) in [4.78, 5) is 14.7. The van der Waals surface area contributed by atoms with E-state index in [2.05, 4.69) is 18.9 Å². The van der Waals surface area contributed by atoms with Crippen LogP contribution < -0.4 is 0 Å². The molecule has 0 aromatic carbocycles. The molecule has 1 heterocycles. The van der Waals surface area contributed by atoms with Crippen molar-refractivity contribution >= 4 is 17.5 Å². The number of likely N-dealkylation sites (N-methyl/N-ethyl adjacent to an activating group) is 1. The van der Waals surface area contributed by atoms with Gasteiger partial charge in [-0.2, -0.15) is 0 Å². The lowest BCUT2D eigenvalue weighted by Gasteiger charge is -2.40. The minimum atomic E-state index is 0.197. The van der Waals surface area contributed by atoms with Crippen molar-refractivity contribution in [3.05, 3.63) is 0 Å². The van der Waals surface area contributed by atoms with E-state index in [-0.39, 0.29) is 6.04 Å². The van der Waals surface area contributed by atoms with Gasteiger partial charge in [-0.05, 0) is 26.3 Å². The largest absolute Gasteiger partial charge is 0.298 e. The summed E-state index contributed by atoms with van der Waals surface area (Å²) in [6, 6.07) is 0.197. The highest BCUT2D eigenvalue weighted by atomic mass is 32.2. The van der Waals surface area contributed by atoms with Crippen LogP contribution in [0.4, 0.5) is 0 Å². The van der Waals surface area contributed by atoms with Crippen LogP contribution in [-0.4, -0.2) is 34.4 Å². The molecule has 1 saturated carbocycles. The number of thioether (sulfide) groups is 1. The first-order chi connectivity index (χ1) is 7.69. The molecular formula is C13H23NOS. The van der Waals surface area contributed by atoms with Gasteiger partial charge in [0.2, 0.25) is 0 Å². The normalized spacial score (nSPS) is 29.8. The van der Waals surface area contributed by atoms with Crippen molar-refractivity contribution in [2.24, 2.45) is 0 Å². The van der Waals surface area contributed by atoms with Crippen LogP contribution in [0.1, 0.15) is 51.9 Å². The Balaban J connectivity index is 2.02. The number of carbonyl (C=O) groups is 1. The molecule has 1 aliphatic carbocycles. The summed E-state index contributed by atoms with van der Waals surface area (Å²) >= 11 is 2.04. The number of nitrogens with zero attached hydrogens (tertiary/aromatic N) is 1. The zero-order valence-electron chi connectivity index (χ0n) is 10.5. The van der Waals surface area contributed by atoms with E-state index in [9.17, 15) is 4.79 Å². The molecule has 0 aromatic rings. The summed E-state index contributed by atoms with van der Waals surface area (Å²) in [6.45, 7) is 2.09. The van der Waals surface area contributed by atoms with E-state index in [1.54, 1.807) is 0 Å². The number of ketones is 1. The van der Waals surface area contributed by atoms with Gasteiger partial charge in [0.15, 0.2) is 5.78 Å². The average Bonchev–Trinajstić information content (AvgIpc) is 2.59. The monoisotopic (exact) mass is 241 g/mol. The Labute approximate surface area is 103 Å². The first-order valence-electron chi connectivity index (χ1n) is 6.59. The highest BCUT2D eigenvalue weighted by Gasteiger charge is 2.47. The smallest absolute Gasteiger partial charge is 0.150 e. The van der Waals surface area contributed by atoms with E-state index in [4.69, 9.17) is 0 Å². The molecule has 2 fully saturated rings. The number of rotatable bonds is 3. The van der Waals surface area contributed by atoms with Crippen LogP contribution in [0.3, 0.4) is 0 Å². The van der Waals surface area contributed by atoms with Crippen LogP contribution >= 0.6 is 11.8 Å². The molecular weight excluding hydrogens is 218 g/mol. The van der Waals surface area contributed by atoms with Gasteiger partial charge in [-0.1, -0.05) is 26.2 Å². The molecule has 1 spiro atoms. The van der Waals surface area contributed by atoms with Crippen molar-refractivity contribution in [1.29, 1.82) is 0 Å². The van der Waals surface area contributed by atoms with E-state index in [0.717, 1.165) is 18.6 Å². The summed E-state index contributed by atoms with van der Waals surface area (Å²) in [6.07, 6.45) is 8.36. The third-order valence-electron chi connectivity index (χ3n) is 4.12. The third-order valence-corrected chi connectivity index (χ3v) is 5.84. The Morgan fingerprint density at radius 2 is 2.06 bits per heavy atom. The van der Waals surface area contributed by atoms with Crippen LogP contribution in [0, 0.1) is 0 Å². The molecule has 1 atom stereocenters.